The maximum Gasteiger partial charge on any atom is 0.267 e. The summed E-state index contributed by atoms with van der Waals surface area (Å²) >= 11 is 1.14. The number of hydrogen-bond donors (Lipinski definition) is 1. The number of carbonyl (C=O) groups excluding carboxylic acids is 1. The van der Waals surface area contributed by atoms with Crippen LogP contribution in [0.2, 0.25) is 0 Å². The molecule has 3 rings (SSSR count). The highest BCUT2D eigenvalue weighted by Gasteiger charge is 2.30. The lowest BCUT2D eigenvalue weighted by Crippen LogP contribution is -2.49. The van der Waals surface area contributed by atoms with Crippen LogP contribution < -0.4 is 10.9 Å². The minimum absolute atomic E-state index is 0.0145. The SMILES string of the molecule is Cc1ccc(-n2c(SCC(=O)NC(C)(C#N)C(C)C)nc3ccccc3c2=O)nc1. The molecule has 8 heteroatoms. The molecule has 2 aromatic heterocycles. The summed E-state index contributed by atoms with van der Waals surface area (Å²) in [5.41, 5.74) is 0.312. The maximum atomic E-state index is 13.2. The van der Waals surface area contributed by atoms with E-state index in [2.05, 4.69) is 21.4 Å². The summed E-state index contributed by atoms with van der Waals surface area (Å²) < 4.78 is 1.42. The smallest absolute Gasteiger partial charge is 0.267 e. The molecule has 0 bridgehead atoms. The fourth-order valence-corrected chi connectivity index (χ4v) is 3.56. The van der Waals surface area contributed by atoms with Crippen LogP contribution in [0.15, 0.2) is 52.5 Å². The van der Waals surface area contributed by atoms with Crippen molar-refractivity contribution in [2.24, 2.45) is 5.92 Å². The molecule has 2 heterocycles. The molecule has 1 atom stereocenters. The van der Waals surface area contributed by atoms with E-state index in [0.29, 0.717) is 21.9 Å². The van der Waals surface area contributed by atoms with Gasteiger partial charge in [0, 0.05) is 6.20 Å². The van der Waals surface area contributed by atoms with Gasteiger partial charge in [0.05, 0.1) is 22.7 Å². The minimum Gasteiger partial charge on any atom is -0.337 e. The number of para-hydroxylation sites is 1. The van der Waals surface area contributed by atoms with Crippen LogP contribution in [-0.4, -0.2) is 31.7 Å². The fourth-order valence-electron chi connectivity index (χ4n) is 2.76. The summed E-state index contributed by atoms with van der Waals surface area (Å²) in [7, 11) is 0. The van der Waals surface area contributed by atoms with Crippen LogP contribution in [0.5, 0.6) is 0 Å². The van der Waals surface area contributed by atoms with Gasteiger partial charge in [-0.25, -0.2) is 14.5 Å². The molecule has 30 heavy (non-hydrogen) atoms. The second-order valence-corrected chi connectivity index (χ2v) is 8.49. The highest BCUT2D eigenvalue weighted by atomic mass is 32.2. The number of thioether (sulfide) groups is 1. The first kappa shape index (κ1) is 21.5. The number of hydrogen-bond acceptors (Lipinski definition) is 6. The van der Waals surface area contributed by atoms with Gasteiger partial charge in [-0.05, 0) is 43.5 Å². The minimum atomic E-state index is -0.966. The second kappa shape index (κ2) is 8.67. The van der Waals surface area contributed by atoms with E-state index in [1.54, 1.807) is 37.4 Å². The molecule has 0 spiro atoms. The Morgan fingerprint density at radius 2 is 2.03 bits per heavy atom. The molecule has 1 aromatic carbocycles. The van der Waals surface area contributed by atoms with Crippen molar-refractivity contribution in [2.75, 3.05) is 5.75 Å². The highest BCUT2D eigenvalue weighted by Crippen LogP contribution is 2.21. The Hall–Kier alpha value is -3.18. The molecular formula is C22H23N5O2S. The molecule has 3 aromatic rings. The topological polar surface area (TPSA) is 101 Å². The predicted octanol–water partition coefficient (Wildman–Crippen LogP) is 3.24. The van der Waals surface area contributed by atoms with E-state index in [4.69, 9.17) is 0 Å². The van der Waals surface area contributed by atoms with Gasteiger partial charge in [0.1, 0.15) is 11.4 Å². The first-order chi connectivity index (χ1) is 14.2. The van der Waals surface area contributed by atoms with Gasteiger partial charge in [0.15, 0.2) is 5.16 Å². The zero-order valence-corrected chi connectivity index (χ0v) is 18.2. The fraction of sp³-hybridized carbons (Fsp3) is 0.318. The van der Waals surface area contributed by atoms with E-state index in [-0.39, 0.29) is 23.1 Å². The molecule has 0 fully saturated rings. The molecule has 7 nitrogen and oxygen atoms in total. The monoisotopic (exact) mass is 421 g/mol. The van der Waals surface area contributed by atoms with Gasteiger partial charge in [-0.15, -0.1) is 0 Å². The maximum absolute atomic E-state index is 13.2. The first-order valence-electron chi connectivity index (χ1n) is 9.55. The van der Waals surface area contributed by atoms with Crippen molar-refractivity contribution in [3.05, 3.63) is 58.5 Å². The van der Waals surface area contributed by atoms with E-state index in [0.717, 1.165) is 17.3 Å². The summed E-state index contributed by atoms with van der Waals surface area (Å²) in [6.45, 7) is 7.37. The first-order valence-corrected chi connectivity index (χ1v) is 10.5. The normalized spacial score (nSPS) is 13.1. The Morgan fingerprint density at radius 3 is 2.67 bits per heavy atom. The Morgan fingerprint density at radius 1 is 1.30 bits per heavy atom. The third-order valence-electron chi connectivity index (χ3n) is 4.99. The number of fused-ring (bicyclic) bond motifs is 1. The van der Waals surface area contributed by atoms with Crippen molar-refractivity contribution in [3.8, 4) is 11.9 Å². The summed E-state index contributed by atoms with van der Waals surface area (Å²) in [4.78, 5) is 34.7. The molecular weight excluding hydrogens is 398 g/mol. The largest absolute Gasteiger partial charge is 0.337 e. The van der Waals surface area contributed by atoms with Crippen LogP contribution in [0, 0.1) is 24.2 Å². The lowest BCUT2D eigenvalue weighted by atomic mass is 9.90. The van der Waals surface area contributed by atoms with Gasteiger partial charge in [0.2, 0.25) is 5.91 Å². The molecule has 0 radical (unpaired) electrons. The van der Waals surface area contributed by atoms with E-state index in [1.807, 2.05) is 32.9 Å². The average molecular weight is 422 g/mol. The number of nitrogens with one attached hydrogen (secondary N) is 1. The number of nitrogens with zero attached hydrogens (tertiary/aromatic N) is 4. The average Bonchev–Trinajstić information content (AvgIpc) is 2.73. The summed E-state index contributed by atoms with van der Waals surface area (Å²) in [5.74, 6) is 0.102. The molecule has 0 aliphatic carbocycles. The van der Waals surface area contributed by atoms with Gasteiger partial charge < -0.3 is 5.32 Å². The number of benzene rings is 1. The summed E-state index contributed by atoms with van der Waals surface area (Å²) in [6.07, 6.45) is 1.68. The van der Waals surface area contributed by atoms with Crippen LogP contribution in [-0.2, 0) is 4.79 Å². The van der Waals surface area contributed by atoms with Crippen molar-refractivity contribution in [2.45, 2.75) is 38.4 Å². The predicted molar refractivity (Wildman–Crippen MR) is 118 cm³/mol. The van der Waals surface area contributed by atoms with Crippen LogP contribution in [0.4, 0.5) is 0 Å². The van der Waals surface area contributed by atoms with Crippen molar-refractivity contribution < 1.29 is 4.79 Å². The Labute approximate surface area is 179 Å². The standard InChI is InChI=1S/C22H23N5O2S/c1-14(2)22(4,13-23)26-19(28)12-30-21-25-17-8-6-5-7-16(17)20(29)27(21)18-10-9-15(3)11-24-18/h5-11,14H,12H2,1-4H3,(H,26,28). The Bertz CT molecular complexity index is 1180. The lowest BCUT2D eigenvalue weighted by molar-refractivity contribution is -0.120. The number of pyridine rings is 1. The Balaban J connectivity index is 1.98. The molecule has 0 aliphatic heterocycles. The van der Waals surface area contributed by atoms with Crippen LogP contribution in [0.3, 0.4) is 0 Å². The van der Waals surface area contributed by atoms with Crippen molar-refractivity contribution >= 4 is 28.6 Å². The molecule has 1 N–H and O–H groups in total. The molecule has 0 saturated heterocycles. The van der Waals surface area contributed by atoms with Gasteiger partial charge in [0.25, 0.3) is 5.56 Å². The quantitative estimate of drug-likeness (QED) is 0.484. The van der Waals surface area contributed by atoms with E-state index in [9.17, 15) is 14.9 Å². The Kier molecular flexibility index (Phi) is 6.22. The molecule has 0 saturated carbocycles. The zero-order chi connectivity index (χ0) is 21.9. The van der Waals surface area contributed by atoms with Crippen LogP contribution in [0.1, 0.15) is 26.3 Å². The highest BCUT2D eigenvalue weighted by molar-refractivity contribution is 7.99. The van der Waals surface area contributed by atoms with Crippen LogP contribution in [0.25, 0.3) is 16.7 Å². The van der Waals surface area contributed by atoms with Crippen molar-refractivity contribution in [1.82, 2.24) is 19.9 Å². The second-order valence-electron chi connectivity index (χ2n) is 7.55. The van der Waals surface area contributed by atoms with Gasteiger partial charge >= 0.3 is 0 Å². The van der Waals surface area contributed by atoms with Gasteiger partial charge in [-0.1, -0.05) is 43.8 Å². The molecule has 1 amide bonds. The number of aryl methyl sites for hydroxylation is 1. The molecule has 1 unspecified atom stereocenters. The van der Waals surface area contributed by atoms with Crippen molar-refractivity contribution in [3.63, 3.8) is 0 Å². The van der Waals surface area contributed by atoms with E-state index in [1.165, 1.54) is 4.57 Å². The summed E-state index contributed by atoms with van der Waals surface area (Å²) in [6, 6.07) is 12.9. The molecule has 154 valence electrons. The van der Waals surface area contributed by atoms with Crippen LogP contribution >= 0.6 is 11.8 Å². The number of amides is 1. The number of nitriles is 1. The van der Waals surface area contributed by atoms with E-state index < -0.39 is 5.54 Å². The molecule has 0 aliphatic rings. The zero-order valence-electron chi connectivity index (χ0n) is 17.3. The van der Waals surface area contributed by atoms with E-state index >= 15 is 0 Å². The van der Waals surface area contributed by atoms with Gasteiger partial charge in [-0.3, -0.25) is 9.59 Å². The van der Waals surface area contributed by atoms with Gasteiger partial charge in [-0.2, -0.15) is 5.26 Å². The lowest BCUT2D eigenvalue weighted by Gasteiger charge is -2.27. The number of aromatic nitrogens is 3. The number of carbonyl (C=O) groups is 1. The number of rotatable bonds is 6. The summed E-state index contributed by atoms with van der Waals surface area (Å²) in [5, 5.41) is 13.0. The van der Waals surface area contributed by atoms with Crippen molar-refractivity contribution in [1.29, 1.82) is 5.26 Å². The third kappa shape index (κ3) is 4.36. The third-order valence-corrected chi connectivity index (χ3v) is 5.93.